The van der Waals surface area contributed by atoms with Crippen molar-refractivity contribution in [2.75, 3.05) is 6.61 Å². The van der Waals surface area contributed by atoms with E-state index in [-0.39, 0.29) is 12.3 Å². The van der Waals surface area contributed by atoms with Gasteiger partial charge in [0.05, 0.1) is 12.6 Å². The van der Waals surface area contributed by atoms with E-state index in [4.69, 9.17) is 21.1 Å². The SMILES string of the molecule is CC(C)C(N)C(=O)NC(CCC(=O)O)C(=O)NC(CO)C(=O)O. The average Bonchev–Trinajstić information content (AvgIpc) is 2.46. The predicted molar refractivity (Wildman–Crippen MR) is 78.3 cm³/mol. The molecule has 132 valence electrons. The van der Waals surface area contributed by atoms with Crippen molar-refractivity contribution in [1.82, 2.24) is 10.6 Å². The van der Waals surface area contributed by atoms with Crippen LogP contribution in [-0.4, -0.2) is 63.8 Å². The highest BCUT2D eigenvalue weighted by atomic mass is 16.4. The summed E-state index contributed by atoms with van der Waals surface area (Å²) in [7, 11) is 0. The van der Waals surface area contributed by atoms with Gasteiger partial charge in [-0.1, -0.05) is 13.8 Å². The second-order valence-electron chi connectivity index (χ2n) is 5.35. The zero-order valence-corrected chi connectivity index (χ0v) is 13.0. The molecule has 2 amide bonds. The first kappa shape index (κ1) is 20.8. The van der Waals surface area contributed by atoms with Gasteiger partial charge in [-0.05, 0) is 12.3 Å². The lowest BCUT2D eigenvalue weighted by Crippen LogP contribution is -2.56. The van der Waals surface area contributed by atoms with Gasteiger partial charge in [-0.3, -0.25) is 14.4 Å². The standard InChI is InChI=1S/C13H23N3O7/c1-6(2)10(14)12(21)15-7(3-4-9(18)19)11(20)16-8(5-17)13(22)23/h6-8,10,17H,3-5,14H2,1-2H3,(H,15,21)(H,16,20)(H,18,19)(H,22,23). The van der Waals surface area contributed by atoms with Gasteiger partial charge in [0.15, 0.2) is 0 Å². The Bertz CT molecular complexity index is 453. The summed E-state index contributed by atoms with van der Waals surface area (Å²) in [6, 6.07) is -3.72. The number of nitrogens with one attached hydrogen (secondary N) is 2. The fourth-order valence-electron chi connectivity index (χ4n) is 1.57. The van der Waals surface area contributed by atoms with Crippen molar-refractivity contribution in [2.24, 2.45) is 11.7 Å². The zero-order valence-electron chi connectivity index (χ0n) is 13.0. The molecule has 3 unspecified atom stereocenters. The molecule has 10 nitrogen and oxygen atoms in total. The van der Waals surface area contributed by atoms with Gasteiger partial charge in [0.1, 0.15) is 12.1 Å². The number of carboxylic acids is 2. The Morgan fingerprint density at radius 2 is 1.52 bits per heavy atom. The maximum absolute atomic E-state index is 12.0. The fraction of sp³-hybridized carbons (Fsp3) is 0.692. The number of hydrogen-bond donors (Lipinski definition) is 6. The maximum Gasteiger partial charge on any atom is 0.328 e. The van der Waals surface area contributed by atoms with Crippen molar-refractivity contribution in [3.05, 3.63) is 0 Å². The molecule has 0 rings (SSSR count). The first-order valence-corrected chi connectivity index (χ1v) is 7.01. The van der Waals surface area contributed by atoms with E-state index in [9.17, 15) is 19.2 Å². The predicted octanol–water partition coefficient (Wildman–Crippen LogP) is -2.12. The number of carbonyl (C=O) groups excluding carboxylic acids is 2. The summed E-state index contributed by atoms with van der Waals surface area (Å²) in [5.41, 5.74) is 5.65. The summed E-state index contributed by atoms with van der Waals surface area (Å²) >= 11 is 0. The highest BCUT2D eigenvalue weighted by Crippen LogP contribution is 2.03. The molecule has 0 heterocycles. The van der Waals surface area contributed by atoms with Crippen LogP contribution in [0.5, 0.6) is 0 Å². The van der Waals surface area contributed by atoms with Crippen LogP contribution in [0.15, 0.2) is 0 Å². The Balaban J connectivity index is 4.98. The number of aliphatic hydroxyl groups excluding tert-OH is 1. The number of aliphatic carboxylic acids is 2. The Labute approximate surface area is 133 Å². The summed E-state index contributed by atoms with van der Waals surface area (Å²) in [5.74, 6) is -4.40. The second kappa shape index (κ2) is 9.74. The van der Waals surface area contributed by atoms with E-state index in [2.05, 4.69) is 5.32 Å². The third kappa shape index (κ3) is 7.56. The fourth-order valence-corrected chi connectivity index (χ4v) is 1.57. The second-order valence-corrected chi connectivity index (χ2v) is 5.35. The van der Waals surface area contributed by atoms with Crippen LogP contribution in [0, 0.1) is 5.92 Å². The molecule has 0 saturated heterocycles. The number of carbonyl (C=O) groups is 4. The number of amides is 2. The molecule has 3 atom stereocenters. The lowest BCUT2D eigenvalue weighted by molar-refractivity contribution is -0.144. The van der Waals surface area contributed by atoms with Crippen molar-refractivity contribution in [1.29, 1.82) is 0 Å². The third-order valence-electron chi connectivity index (χ3n) is 3.10. The summed E-state index contributed by atoms with van der Waals surface area (Å²) in [5, 5.41) is 30.7. The van der Waals surface area contributed by atoms with E-state index in [1.807, 2.05) is 5.32 Å². The minimum Gasteiger partial charge on any atom is -0.481 e. The van der Waals surface area contributed by atoms with Crippen LogP contribution >= 0.6 is 0 Å². The summed E-state index contributed by atoms with van der Waals surface area (Å²) < 4.78 is 0. The number of carboxylic acid groups (broad SMARTS) is 2. The van der Waals surface area contributed by atoms with Gasteiger partial charge >= 0.3 is 11.9 Å². The molecular formula is C13H23N3O7. The molecule has 0 aliphatic carbocycles. The molecular weight excluding hydrogens is 310 g/mol. The molecule has 10 heteroatoms. The monoisotopic (exact) mass is 333 g/mol. The third-order valence-corrected chi connectivity index (χ3v) is 3.10. The van der Waals surface area contributed by atoms with Crippen molar-refractivity contribution < 1.29 is 34.5 Å². The van der Waals surface area contributed by atoms with E-state index >= 15 is 0 Å². The summed E-state index contributed by atoms with van der Waals surface area (Å²) in [4.78, 5) is 45.4. The Morgan fingerprint density at radius 1 is 1.00 bits per heavy atom. The molecule has 0 spiro atoms. The molecule has 0 saturated carbocycles. The number of hydrogen-bond acceptors (Lipinski definition) is 6. The molecule has 23 heavy (non-hydrogen) atoms. The van der Waals surface area contributed by atoms with Crippen LogP contribution in [0.1, 0.15) is 26.7 Å². The Morgan fingerprint density at radius 3 is 1.91 bits per heavy atom. The van der Waals surface area contributed by atoms with Crippen LogP contribution in [0.2, 0.25) is 0 Å². The highest BCUT2D eigenvalue weighted by molar-refractivity contribution is 5.92. The summed E-state index contributed by atoms with van der Waals surface area (Å²) in [6.07, 6.45) is -0.651. The lowest BCUT2D eigenvalue weighted by atomic mass is 10.0. The zero-order chi connectivity index (χ0) is 18.2. The molecule has 7 N–H and O–H groups in total. The van der Waals surface area contributed by atoms with E-state index < -0.39 is 54.9 Å². The van der Waals surface area contributed by atoms with Crippen LogP contribution < -0.4 is 16.4 Å². The number of rotatable bonds is 10. The van der Waals surface area contributed by atoms with E-state index in [1.165, 1.54) is 0 Å². The quantitative estimate of drug-likeness (QED) is 0.262. The Kier molecular flexibility index (Phi) is 8.81. The molecule has 0 fully saturated rings. The first-order valence-electron chi connectivity index (χ1n) is 7.01. The van der Waals surface area contributed by atoms with Crippen molar-refractivity contribution in [3.63, 3.8) is 0 Å². The number of aliphatic hydroxyl groups is 1. The molecule has 0 bridgehead atoms. The van der Waals surface area contributed by atoms with E-state index in [0.717, 1.165) is 0 Å². The highest BCUT2D eigenvalue weighted by Gasteiger charge is 2.28. The van der Waals surface area contributed by atoms with Gasteiger partial charge < -0.3 is 31.7 Å². The molecule has 0 aromatic carbocycles. The first-order chi connectivity index (χ1) is 10.6. The number of nitrogens with two attached hydrogens (primary N) is 1. The largest absolute Gasteiger partial charge is 0.481 e. The van der Waals surface area contributed by atoms with Crippen molar-refractivity contribution in [3.8, 4) is 0 Å². The van der Waals surface area contributed by atoms with Crippen molar-refractivity contribution >= 4 is 23.8 Å². The Hall–Kier alpha value is -2.20. The van der Waals surface area contributed by atoms with E-state index in [1.54, 1.807) is 13.8 Å². The van der Waals surface area contributed by atoms with Crippen LogP contribution in [-0.2, 0) is 19.2 Å². The van der Waals surface area contributed by atoms with Crippen LogP contribution in [0.4, 0.5) is 0 Å². The molecule has 0 aromatic heterocycles. The van der Waals surface area contributed by atoms with Gasteiger partial charge in [0.25, 0.3) is 0 Å². The maximum atomic E-state index is 12.0. The molecule has 0 aromatic rings. The molecule has 0 aliphatic heterocycles. The van der Waals surface area contributed by atoms with Gasteiger partial charge in [-0.2, -0.15) is 0 Å². The van der Waals surface area contributed by atoms with Crippen molar-refractivity contribution in [2.45, 2.75) is 44.8 Å². The minimum atomic E-state index is -1.55. The minimum absolute atomic E-state index is 0.206. The van der Waals surface area contributed by atoms with Crippen LogP contribution in [0.25, 0.3) is 0 Å². The van der Waals surface area contributed by atoms with E-state index in [0.29, 0.717) is 0 Å². The van der Waals surface area contributed by atoms with Gasteiger partial charge in [0.2, 0.25) is 11.8 Å². The smallest absolute Gasteiger partial charge is 0.328 e. The van der Waals surface area contributed by atoms with Gasteiger partial charge in [-0.15, -0.1) is 0 Å². The molecule has 0 aliphatic rings. The topological polar surface area (TPSA) is 179 Å². The van der Waals surface area contributed by atoms with Gasteiger partial charge in [-0.25, -0.2) is 4.79 Å². The summed E-state index contributed by atoms with van der Waals surface area (Å²) in [6.45, 7) is 2.55. The van der Waals surface area contributed by atoms with Crippen LogP contribution in [0.3, 0.4) is 0 Å². The van der Waals surface area contributed by atoms with Gasteiger partial charge in [0, 0.05) is 6.42 Å². The lowest BCUT2D eigenvalue weighted by Gasteiger charge is -2.23. The molecule has 0 radical (unpaired) electrons. The normalized spacial score (nSPS) is 14.7. The average molecular weight is 333 g/mol.